The minimum atomic E-state index is -0.512. The molecule has 0 aromatic carbocycles. The normalized spacial score (nSPS) is 17.9. The Morgan fingerprint density at radius 1 is 1.35 bits per heavy atom. The van der Waals surface area contributed by atoms with Crippen LogP contribution in [0.3, 0.4) is 0 Å². The maximum atomic E-state index is 12.4. The van der Waals surface area contributed by atoms with Crippen LogP contribution in [0.15, 0.2) is 35.0 Å². The van der Waals surface area contributed by atoms with Gasteiger partial charge in [0.25, 0.3) is 11.8 Å². The van der Waals surface area contributed by atoms with Crippen LogP contribution in [0.1, 0.15) is 19.5 Å². The third kappa shape index (κ3) is 2.05. The van der Waals surface area contributed by atoms with Crippen LogP contribution in [-0.4, -0.2) is 27.8 Å². The molecule has 5 heteroatoms. The number of carbonyl (C=O) groups excluding carboxylic acids is 2. The summed E-state index contributed by atoms with van der Waals surface area (Å²) >= 11 is 0. The van der Waals surface area contributed by atoms with Crippen molar-refractivity contribution in [1.29, 1.82) is 5.26 Å². The summed E-state index contributed by atoms with van der Waals surface area (Å²) in [6.07, 6.45) is 3.58. The van der Waals surface area contributed by atoms with E-state index in [0.717, 1.165) is 10.6 Å². The molecular weight excluding hydrogens is 254 g/mol. The van der Waals surface area contributed by atoms with Gasteiger partial charge in [-0.15, -0.1) is 0 Å². The van der Waals surface area contributed by atoms with E-state index in [0.29, 0.717) is 11.1 Å². The second-order valence-corrected chi connectivity index (χ2v) is 4.57. The average Bonchev–Trinajstić information content (AvgIpc) is 2.81. The van der Waals surface area contributed by atoms with Gasteiger partial charge in [-0.3, -0.25) is 14.5 Å². The van der Waals surface area contributed by atoms with Crippen LogP contribution < -0.4 is 0 Å². The summed E-state index contributed by atoms with van der Waals surface area (Å²) in [6, 6.07) is 5.64. The van der Waals surface area contributed by atoms with Crippen molar-refractivity contribution < 1.29 is 9.59 Å². The van der Waals surface area contributed by atoms with Crippen LogP contribution in [0.5, 0.6) is 0 Å². The summed E-state index contributed by atoms with van der Waals surface area (Å²) in [6.45, 7) is 3.60. The molecular formula is C15H15N3O2. The lowest BCUT2D eigenvalue weighted by Crippen LogP contribution is -2.42. The van der Waals surface area contributed by atoms with E-state index in [2.05, 4.69) is 0 Å². The van der Waals surface area contributed by atoms with Gasteiger partial charge in [0.1, 0.15) is 11.6 Å². The molecule has 2 heterocycles. The topological polar surface area (TPSA) is 66.1 Å². The smallest absolute Gasteiger partial charge is 0.271 e. The monoisotopic (exact) mass is 269 g/mol. The van der Waals surface area contributed by atoms with E-state index in [-0.39, 0.29) is 18.0 Å². The fourth-order valence-electron chi connectivity index (χ4n) is 2.19. The number of rotatable bonds is 2. The van der Waals surface area contributed by atoms with Gasteiger partial charge in [0.2, 0.25) is 0 Å². The molecule has 1 aromatic rings. The maximum Gasteiger partial charge on any atom is 0.271 e. The molecule has 2 rings (SSSR count). The SMILES string of the molecule is CCN1C(=O)C(=Cc2cccn2C)C(C)=C(C#N)C1=O. The molecule has 1 aliphatic rings. The van der Waals surface area contributed by atoms with Crippen LogP contribution in [0, 0.1) is 11.3 Å². The highest BCUT2D eigenvalue weighted by Gasteiger charge is 2.34. The zero-order valence-electron chi connectivity index (χ0n) is 11.7. The number of amides is 2. The van der Waals surface area contributed by atoms with E-state index in [4.69, 9.17) is 5.26 Å². The number of aryl methyl sites for hydroxylation is 1. The van der Waals surface area contributed by atoms with Crippen molar-refractivity contribution in [2.75, 3.05) is 6.54 Å². The van der Waals surface area contributed by atoms with Crippen molar-refractivity contribution in [2.45, 2.75) is 13.8 Å². The van der Waals surface area contributed by atoms with E-state index in [1.807, 2.05) is 36.0 Å². The minimum Gasteiger partial charge on any atom is -0.351 e. The number of likely N-dealkylation sites (N-methyl/N-ethyl adjacent to an activating group) is 1. The molecule has 1 aromatic heterocycles. The lowest BCUT2D eigenvalue weighted by molar-refractivity contribution is -0.140. The molecule has 20 heavy (non-hydrogen) atoms. The van der Waals surface area contributed by atoms with E-state index < -0.39 is 5.91 Å². The minimum absolute atomic E-state index is 0.0342. The molecule has 0 fully saturated rings. The number of aromatic nitrogens is 1. The second kappa shape index (κ2) is 5.17. The Morgan fingerprint density at radius 2 is 2.05 bits per heavy atom. The number of hydrogen-bond acceptors (Lipinski definition) is 3. The van der Waals surface area contributed by atoms with E-state index in [1.54, 1.807) is 19.9 Å². The standard InChI is InChI=1S/C15H15N3O2/c1-4-18-14(19)12(8-11-6-5-7-17(11)3)10(2)13(9-16)15(18)20/h5-8H,4H2,1-3H3. The predicted octanol–water partition coefficient (Wildman–Crippen LogP) is 1.64. The van der Waals surface area contributed by atoms with Gasteiger partial charge in [-0.2, -0.15) is 5.26 Å². The van der Waals surface area contributed by atoms with Gasteiger partial charge in [-0.05, 0) is 37.6 Å². The number of carbonyl (C=O) groups is 2. The average molecular weight is 269 g/mol. The summed E-state index contributed by atoms with van der Waals surface area (Å²) in [5.41, 5.74) is 1.71. The van der Waals surface area contributed by atoms with E-state index in [9.17, 15) is 9.59 Å². The lowest BCUT2D eigenvalue weighted by atomic mass is 9.94. The number of nitriles is 1. The quantitative estimate of drug-likeness (QED) is 0.605. The third-order valence-corrected chi connectivity index (χ3v) is 3.42. The molecule has 1 aliphatic heterocycles. The molecule has 0 aliphatic carbocycles. The van der Waals surface area contributed by atoms with E-state index in [1.165, 1.54) is 0 Å². The second-order valence-electron chi connectivity index (χ2n) is 4.57. The van der Waals surface area contributed by atoms with Crippen molar-refractivity contribution >= 4 is 17.9 Å². The van der Waals surface area contributed by atoms with Gasteiger partial charge in [-0.25, -0.2) is 0 Å². The van der Waals surface area contributed by atoms with Gasteiger partial charge in [0.15, 0.2) is 0 Å². The highest BCUT2D eigenvalue weighted by atomic mass is 16.2. The first-order chi connectivity index (χ1) is 9.51. The van der Waals surface area contributed by atoms with Crippen LogP contribution in [0.4, 0.5) is 0 Å². The van der Waals surface area contributed by atoms with Crippen molar-refractivity contribution in [3.8, 4) is 6.07 Å². The van der Waals surface area contributed by atoms with Crippen molar-refractivity contribution in [1.82, 2.24) is 9.47 Å². The first-order valence-corrected chi connectivity index (χ1v) is 6.31. The highest BCUT2D eigenvalue weighted by Crippen LogP contribution is 2.26. The highest BCUT2D eigenvalue weighted by molar-refractivity contribution is 6.19. The first-order valence-electron chi connectivity index (χ1n) is 6.31. The molecule has 0 bridgehead atoms. The Labute approximate surface area is 117 Å². The van der Waals surface area contributed by atoms with Crippen molar-refractivity contribution in [3.63, 3.8) is 0 Å². The zero-order valence-corrected chi connectivity index (χ0v) is 11.7. The Kier molecular flexibility index (Phi) is 3.57. The molecule has 0 unspecified atom stereocenters. The van der Waals surface area contributed by atoms with Gasteiger partial charge in [-0.1, -0.05) is 0 Å². The van der Waals surface area contributed by atoms with Crippen LogP contribution in [0.25, 0.3) is 6.08 Å². The van der Waals surface area contributed by atoms with Crippen molar-refractivity contribution in [3.05, 3.63) is 40.7 Å². The Balaban J connectivity index is 2.62. The van der Waals surface area contributed by atoms with Gasteiger partial charge < -0.3 is 4.57 Å². The molecule has 2 amide bonds. The molecule has 0 saturated carbocycles. The number of nitrogens with zero attached hydrogens (tertiary/aromatic N) is 3. The van der Waals surface area contributed by atoms with Gasteiger partial charge >= 0.3 is 0 Å². The Bertz CT molecular complexity index is 686. The van der Waals surface area contributed by atoms with Crippen LogP contribution in [0.2, 0.25) is 0 Å². The summed E-state index contributed by atoms with van der Waals surface area (Å²) in [5.74, 6) is -0.864. The predicted molar refractivity (Wildman–Crippen MR) is 74.1 cm³/mol. The molecule has 0 spiro atoms. The largest absolute Gasteiger partial charge is 0.351 e. The lowest BCUT2D eigenvalue weighted by Gasteiger charge is -2.26. The zero-order chi connectivity index (χ0) is 14.9. The maximum absolute atomic E-state index is 12.4. The molecule has 0 atom stereocenters. The molecule has 5 nitrogen and oxygen atoms in total. The molecule has 0 radical (unpaired) electrons. The first kappa shape index (κ1) is 13.8. The van der Waals surface area contributed by atoms with E-state index >= 15 is 0 Å². The van der Waals surface area contributed by atoms with Gasteiger partial charge in [0, 0.05) is 31.1 Å². The summed E-state index contributed by atoms with van der Waals surface area (Å²) in [5, 5.41) is 9.13. The van der Waals surface area contributed by atoms with Gasteiger partial charge in [0.05, 0.1) is 0 Å². The fraction of sp³-hybridized carbons (Fsp3) is 0.267. The number of imide groups is 1. The third-order valence-electron chi connectivity index (χ3n) is 3.42. The van der Waals surface area contributed by atoms with Crippen LogP contribution in [-0.2, 0) is 16.6 Å². The summed E-state index contributed by atoms with van der Waals surface area (Å²) in [4.78, 5) is 25.5. The summed E-state index contributed by atoms with van der Waals surface area (Å²) < 4.78 is 1.87. The Morgan fingerprint density at radius 3 is 2.55 bits per heavy atom. The van der Waals surface area contributed by atoms with Crippen LogP contribution >= 0.6 is 0 Å². The number of hydrogen-bond donors (Lipinski definition) is 0. The fourth-order valence-corrected chi connectivity index (χ4v) is 2.19. The molecule has 0 saturated heterocycles. The van der Waals surface area contributed by atoms with Crippen molar-refractivity contribution in [2.24, 2.45) is 7.05 Å². The Hall–Kier alpha value is -2.61. The summed E-state index contributed by atoms with van der Waals surface area (Å²) in [7, 11) is 1.87. The molecule has 102 valence electrons. The molecule has 0 N–H and O–H groups in total.